The van der Waals surface area contributed by atoms with Gasteiger partial charge in [-0.3, -0.25) is 4.79 Å². The van der Waals surface area contributed by atoms with Gasteiger partial charge < -0.3 is 11.1 Å². The van der Waals surface area contributed by atoms with Crippen LogP contribution in [0.15, 0.2) is 0 Å². The molecule has 21 heavy (non-hydrogen) atoms. The molecule has 3 nitrogen and oxygen atoms in total. The number of hydrogen-bond donors (Lipinski definition) is 2. The van der Waals surface area contributed by atoms with Gasteiger partial charge in [-0.1, -0.05) is 12.8 Å². The number of nitrogens with one attached hydrogen (secondary N) is 1. The molecule has 0 saturated heterocycles. The molecule has 0 aliphatic heterocycles. The second kappa shape index (κ2) is 5.97. The lowest BCUT2D eigenvalue weighted by atomic mass is 9.91. The smallest absolute Gasteiger partial charge is 0.257 e. The number of rotatable bonds is 2. The summed E-state index contributed by atoms with van der Waals surface area (Å²) >= 11 is 0. The summed E-state index contributed by atoms with van der Waals surface area (Å²) < 4.78 is 66.0. The fourth-order valence-corrected chi connectivity index (χ4v) is 2.38. The zero-order valence-corrected chi connectivity index (χ0v) is 10.9. The van der Waals surface area contributed by atoms with Crippen molar-refractivity contribution in [2.24, 2.45) is 5.73 Å². The van der Waals surface area contributed by atoms with Crippen LogP contribution < -0.4 is 11.1 Å². The number of carbonyl (C=O) groups is 1. The van der Waals surface area contributed by atoms with Gasteiger partial charge in [0.1, 0.15) is 5.56 Å². The Morgan fingerprint density at radius 3 is 1.90 bits per heavy atom. The van der Waals surface area contributed by atoms with E-state index >= 15 is 0 Å². The summed E-state index contributed by atoms with van der Waals surface area (Å²) in [5.74, 6) is -12.2. The van der Waals surface area contributed by atoms with Gasteiger partial charge in [-0.05, 0) is 12.8 Å². The van der Waals surface area contributed by atoms with E-state index in [-0.39, 0.29) is 0 Å². The number of carbonyl (C=O) groups excluding carboxylic acids is 1. The minimum absolute atomic E-state index is 0.413. The number of halogens is 5. The van der Waals surface area contributed by atoms with Crippen molar-refractivity contribution in [1.82, 2.24) is 5.32 Å². The van der Waals surface area contributed by atoms with Crippen molar-refractivity contribution in [2.45, 2.75) is 37.8 Å². The molecule has 0 aromatic heterocycles. The Labute approximate surface area is 117 Å². The highest BCUT2D eigenvalue weighted by atomic mass is 19.2. The molecule has 1 fully saturated rings. The van der Waals surface area contributed by atoms with Gasteiger partial charge in [0, 0.05) is 12.1 Å². The molecule has 3 N–H and O–H groups in total. The molecule has 0 radical (unpaired) electrons. The molecule has 0 unspecified atom stereocenters. The largest absolute Gasteiger partial charge is 0.348 e. The maximum Gasteiger partial charge on any atom is 0.257 e. The predicted octanol–water partition coefficient (Wildman–Crippen LogP) is 2.38. The van der Waals surface area contributed by atoms with E-state index in [1.54, 1.807) is 0 Å². The Hall–Kier alpha value is -1.70. The van der Waals surface area contributed by atoms with Crippen molar-refractivity contribution in [3.05, 3.63) is 34.6 Å². The molecule has 0 heterocycles. The highest BCUT2D eigenvalue weighted by Gasteiger charge is 2.32. The van der Waals surface area contributed by atoms with Gasteiger partial charge in [0.15, 0.2) is 23.3 Å². The van der Waals surface area contributed by atoms with Crippen LogP contribution >= 0.6 is 0 Å². The zero-order chi connectivity index (χ0) is 15.7. The van der Waals surface area contributed by atoms with Gasteiger partial charge in [0.05, 0.1) is 0 Å². The highest BCUT2D eigenvalue weighted by Crippen LogP contribution is 2.24. The van der Waals surface area contributed by atoms with E-state index in [0.717, 1.165) is 12.8 Å². The lowest BCUT2D eigenvalue weighted by Gasteiger charge is -2.29. The second-order valence-electron chi connectivity index (χ2n) is 4.97. The third-order valence-corrected chi connectivity index (χ3v) is 3.57. The molecule has 1 aromatic rings. The minimum Gasteiger partial charge on any atom is -0.348 e. The van der Waals surface area contributed by atoms with Crippen molar-refractivity contribution >= 4 is 5.91 Å². The maximum atomic E-state index is 13.5. The molecule has 1 saturated carbocycles. The summed E-state index contributed by atoms with van der Waals surface area (Å²) in [5, 5.41) is 2.24. The van der Waals surface area contributed by atoms with Crippen molar-refractivity contribution in [1.29, 1.82) is 0 Å². The Bertz CT molecular complexity index is 549. The van der Waals surface area contributed by atoms with E-state index in [1.807, 2.05) is 0 Å². The number of benzene rings is 1. The average molecular weight is 308 g/mol. The first-order valence-electron chi connectivity index (χ1n) is 6.42. The number of amides is 1. The van der Waals surface area contributed by atoms with Gasteiger partial charge in [0.25, 0.3) is 5.91 Å². The lowest BCUT2D eigenvalue weighted by molar-refractivity contribution is 0.0909. The van der Waals surface area contributed by atoms with Gasteiger partial charge in [0.2, 0.25) is 5.82 Å². The van der Waals surface area contributed by atoms with E-state index in [4.69, 9.17) is 5.73 Å². The highest BCUT2D eigenvalue weighted by molar-refractivity contribution is 5.95. The quantitative estimate of drug-likeness (QED) is 0.501. The van der Waals surface area contributed by atoms with Gasteiger partial charge in [-0.25, -0.2) is 22.0 Å². The monoisotopic (exact) mass is 308 g/mol. The molecular formula is C13H13F5N2O. The van der Waals surface area contributed by atoms with Gasteiger partial charge in [-0.15, -0.1) is 0 Å². The number of hydrogen-bond acceptors (Lipinski definition) is 2. The van der Waals surface area contributed by atoms with E-state index in [2.05, 4.69) is 5.32 Å². The fraction of sp³-hybridized carbons (Fsp3) is 0.462. The predicted molar refractivity (Wildman–Crippen MR) is 63.9 cm³/mol. The summed E-state index contributed by atoms with van der Waals surface area (Å²) in [6.07, 6.45) is 2.72. The SMILES string of the molecule is N[C@@H]1CCCC[C@H]1NC(=O)c1c(F)c(F)c(F)c(F)c1F. The van der Waals surface area contributed by atoms with Crippen molar-refractivity contribution < 1.29 is 26.7 Å². The molecule has 1 aliphatic carbocycles. The van der Waals surface area contributed by atoms with E-state index in [1.165, 1.54) is 0 Å². The van der Waals surface area contributed by atoms with Crippen LogP contribution in [0, 0.1) is 29.1 Å². The van der Waals surface area contributed by atoms with E-state index in [9.17, 15) is 26.7 Å². The number of nitrogens with two attached hydrogens (primary N) is 1. The Balaban J connectivity index is 2.31. The first-order valence-corrected chi connectivity index (χ1v) is 6.42. The van der Waals surface area contributed by atoms with Gasteiger partial charge >= 0.3 is 0 Å². The molecule has 0 spiro atoms. The van der Waals surface area contributed by atoms with Crippen LogP contribution in [0.4, 0.5) is 22.0 Å². The van der Waals surface area contributed by atoms with Gasteiger partial charge in [-0.2, -0.15) is 0 Å². The molecule has 2 atom stereocenters. The first-order chi connectivity index (χ1) is 9.84. The van der Waals surface area contributed by atoms with Crippen LogP contribution in [-0.2, 0) is 0 Å². The molecule has 0 bridgehead atoms. The van der Waals surface area contributed by atoms with Crippen LogP contribution in [0.2, 0.25) is 0 Å². The topological polar surface area (TPSA) is 55.1 Å². The van der Waals surface area contributed by atoms with Crippen LogP contribution in [0.5, 0.6) is 0 Å². The zero-order valence-electron chi connectivity index (χ0n) is 10.9. The second-order valence-corrected chi connectivity index (χ2v) is 4.97. The molecular weight excluding hydrogens is 295 g/mol. The molecule has 8 heteroatoms. The Morgan fingerprint density at radius 1 is 0.905 bits per heavy atom. The fourth-order valence-electron chi connectivity index (χ4n) is 2.38. The molecule has 1 aliphatic rings. The third-order valence-electron chi connectivity index (χ3n) is 3.57. The van der Waals surface area contributed by atoms with Crippen LogP contribution in [-0.4, -0.2) is 18.0 Å². The van der Waals surface area contributed by atoms with Crippen molar-refractivity contribution in [3.63, 3.8) is 0 Å². The third kappa shape index (κ3) is 2.85. The van der Waals surface area contributed by atoms with E-state index in [0.29, 0.717) is 12.8 Å². The normalized spacial score (nSPS) is 22.2. The first kappa shape index (κ1) is 15.7. The summed E-state index contributed by atoms with van der Waals surface area (Å²) in [4.78, 5) is 11.8. The standard InChI is InChI=1S/C13H13F5N2O/c14-8-7(9(15)11(17)12(18)10(8)16)13(21)20-6-4-2-1-3-5(6)19/h5-6H,1-4,19H2,(H,20,21)/t5-,6-/m1/s1. The summed E-state index contributed by atoms with van der Waals surface area (Å²) in [5.41, 5.74) is 4.27. The van der Waals surface area contributed by atoms with Crippen LogP contribution in [0.25, 0.3) is 0 Å². The van der Waals surface area contributed by atoms with Crippen LogP contribution in [0.1, 0.15) is 36.0 Å². The van der Waals surface area contributed by atoms with Crippen molar-refractivity contribution in [2.75, 3.05) is 0 Å². The summed E-state index contributed by atoms with van der Waals surface area (Å²) in [6.45, 7) is 0. The van der Waals surface area contributed by atoms with E-state index < -0.39 is 52.6 Å². The molecule has 1 aromatic carbocycles. The molecule has 116 valence electrons. The molecule has 2 rings (SSSR count). The lowest BCUT2D eigenvalue weighted by Crippen LogP contribution is -2.49. The average Bonchev–Trinajstić information content (AvgIpc) is 2.46. The summed E-state index contributed by atoms with van der Waals surface area (Å²) in [7, 11) is 0. The van der Waals surface area contributed by atoms with Crippen LogP contribution in [0.3, 0.4) is 0 Å². The van der Waals surface area contributed by atoms with Crippen molar-refractivity contribution in [3.8, 4) is 0 Å². The minimum atomic E-state index is -2.30. The Morgan fingerprint density at radius 2 is 1.38 bits per heavy atom. The molecule has 1 amide bonds. The Kier molecular flexibility index (Phi) is 4.46. The maximum absolute atomic E-state index is 13.5. The summed E-state index contributed by atoms with van der Waals surface area (Å²) in [6, 6.07) is -0.967.